The summed E-state index contributed by atoms with van der Waals surface area (Å²) in [5.74, 6) is 0.724. The summed E-state index contributed by atoms with van der Waals surface area (Å²) in [4.78, 5) is 13.7. The fourth-order valence-electron chi connectivity index (χ4n) is 2.41. The first-order chi connectivity index (χ1) is 12.4. The molecular weight excluding hydrogens is 350 g/mol. The number of aromatic nitrogens is 4. The molecule has 2 aromatic carbocycles. The summed E-state index contributed by atoms with van der Waals surface area (Å²) in [7, 11) is 0. The molecule has 1 atom stereocenters. The molecule has 3 aromatic rings. The number of benzene rings is 2. The Morgan fingerprint density at radius 3 is 2.31 bits per heavy atom. The predicted molar refractivity (Wildman–Crippen MR) is 102 cm³/mol. The van der Waals surface area contributed by atoms with E-state index < -0.39 is 6.04 Å². The number of nitrogens with zero attached hydrogens (tertiary/aromatic N) is 4. The molecule has 0 spiro atoms. The van der Waals surface area contributed by atoms with Gasteiger partial charge < -0.3 is 5.32 Å². The summed E-state index contributed by atoms with van der Waals surface area (Å²) in [5.41, 5.74) is 2.78. The van der Waals surface area contributed by atoms with Crippen molar-refractivity contribution >= 4 is 23.2 Å². The van der Waals surface area contributed by atoms with Gasteiger partial charge in [0.2, 0.25) is 5.82 Å². The molecule has 0 unspecified atom stereocenters. The molecule has 0 radical (unpaired) electrons. The smallest absolute Gasteiger partial charge is 0.250 e. The van der Waals surface area contributed by atoms with Crippen molar-refractivity contribution in [1.82, 2.24) is 20.2 Å². The summed E-state index contributed by atoms with van der Waals surface area (Å²) in [5, 5.41) is 15.9. The fraction of sp³-hybridized carbons (Fsp3) is 0.263. The molecule has 0 saturated carbocycles. The Labute approximate surface area is 157 Å². The van der Waals surface area contributed by atoms with Crippen LogP contribution < -0.4 is 5.32 Å². The molecule has 0 fully saturated rings. The molecule has 26 heavy (non-hydrogen) atoms. The lowest BCUT2D eigenvalue weighted by Gasteiger charge is -2.10. The Bertz CT molecular complexity index is 887. The predicted octanol–water partition coefficient (Wildman–Crippen LogP) is 4.32. The Hall–Kier alpha value is -2.73. The molecule has 6 nitrogen and oxygen atoms in total. The maximum Gasteiger partial charge on any atom is 0.250 e. The van der Waals surface area contributed by atoms with Crippen molar-refractivity contribution in [3.8, 4) is 11.4 Å². The molecular formula is C19H20ClN5O. The van der Waals surface area contributed by atoms with E-state index in [-0.39, 0.29) is 5.91 Å². The van der Waals surface area contributed by atoms with E-state index in [1.54, 1.807) is 31.2 Å². The van der Waals surface area contributed by atoms with Gasteiger partial charge in [0.05, 0.1) is 0 Å². The number of rotatable bonds is 5. The zero-order valence-corrected chi connectivity index (χ0v) is 15.6. The van der Waals surface area contributed by atoms with Crippen LogP contribution in [0.2, 0.25) is 5.02 Å². The van der Waals surface area contributed by atoms with Gasteiger partial charge in [0.15, 0.2) is 0 Å². The van der Waals surface area contributed by atoms with E-state index >= 15 is 0 Å². The van der Waals surface area contributed by atoms with Crippen molar-refractivity contribution in [2.24, 2.45) is 0 Å². The van der Waals surface area contributed by atoms with Crippen LogP contribution in [-0.4, -0.2) is 26.1 Å². The highest BCUT2D eigenvalue weighted by atomic mass is 35.5. The lowest BCUT2D eigenvalue weighted by Crippen LogP contribution is -2.25. The third kappa shape index (κ3) is 4.08. The second-order valence-electron chi connectivity index (χ2n) is 6.38. The van der Waals surface area contributed by atoms with Gasteiger partial charge in [-0.25, -0.2) is 0 Å². The van der Waals surface area contributed by atoms with Crippen molar-refractivity contribution in [2.75, 3.05) is 5.32 Å². The number of halogens is 1. The number of hydrogen-bond donors (Lipinski definition) is 1. The molecule has 1 heterocycles. The summed E-state index contributed by atoms with van der Waals surface area (Å²) < 4.78 is 0. The lowest BCUT2D eigenvalue weighted by atomic mass is 10.0. The van der Waals surface area contributed by atoms with Gasteiger partial charge in [-0.05, 0) is 47.9 Å². The molecule has 0 aliphatic carbocycles. The number of tetrazole rings is 1. The van der Waals surface area contributed by atoms with Crippen molar-refractivity contribution in [3.63, 3.8) is 0 Å². The number of carbonyl (C=O) groups excluding carboxylic acids is 1. The Morgan fingerprint density at radius 2 is 1.69 bits per heavy atom. The van der Waals surface area contributed by atoms with E-state index in [0.717, 1.165) is 5.56 Å². The first-order valence-electron chi connectivity index (χ1n) is 8.40. The minimum absolute atomic E-state index is 0.230. The van der Waals surface area contributed by atoms with E-state index in [2.05, 4.69) is 46.7 Å². The van der Waals surface area contributed by atoms with Crippen molar-refractivity contribution in [2.45, 2.75) is 32.7 Å². The van der Waals surface area contributed by atoms with Gasteiger partial charge in [-0.1, -0.05) is 49.7 Å². The van der Waals surface area contributed by atoms with Crippen LogP contribution in [0.15, 0.2) is 48.5 Å². The van der Waals surface area contributed by atoms with Crippen molar-refractivity contribution in [1.29, 1.82) is 0 Å². The van der Waals surface area contributed by atoms with Gasteiger partial charge in [-0.3, -0.25) is 4.79 Å². The number of carbonyl (C=O) groups is 1. The second kappa shape index (κ2) is 7.66. The van der Waals surface area contributed by atoms with Crippen LogP contribution in [0.4, 0.5) is 5.69 Å². The summed E-state index contributed by atoms with van der Waals surface area (Å²) in [6.45, 7) is 6.01. The summed E-state index contributed by atoms with van der Waals surface area (Å²) >= 11 is 5.85. The monoisotopic (exact) mass is 369 g/mol. The normalized spacial score (nSPS) is 12.2. The average molecular weight is 370 g/mol. The van der Waals surface area contributed by atoms with Crippen molar-refractivity contribution < 1.29 is 4.79 Å². The Balaban J connectivity index is 1.71. The van der Waals surface area contributed by atoms with Crippen LogP contribution in [0.1, 0.15) is 38.3 Å². The fourth-order valence-corrected chi connectivity index (χ4v) is 2.53. The Kier molecular flexibility index (Phi) is 5.32. The average Bonchev–Trinajstić information content (AvgIpc) is 3.13. The molecule has 7 heteroatoms. The number of hydrogen-bond acceptors (Lipinski definition) is 4. The second-order valence-corrected chi connectivity index (χ2v) is 6.82. The van der Waals surface area contributed by atoms with Crippen LogP contribution in [-0.2, 0) is 4.79 Å². The first-order valence-corrected chi connectivity index (χ1v) is 8.78. The van der Waals surface area contributed by atoms with Crippen LogP contribution in [0.25, 0.3) is 11.4 Å². The van der Waals surface area contributed by atoms with E-state index in [1.807, 2.05) is 12.1 Å². The third-order valence-electron chi connectivity index (χ3n) is 4.10. The van der Waals surface area contributed by atoms with E-state index in [1.165, 1.54) is 10.4 Å². The molecule has 1 aromatic heterocycles. The van der Waals surface area contributed by atoms with Gasteiger partial charge in [-0.2, -0.15) is 4.80 Å². The highest BCUT2D eigenvalue weighted by Gasteiger charge is 2.19. The topological polar surface area (TPSA) is 72.7 Å². The standard InChI is InChI=1S/C19H20ClN5O/c1-12(2)14-4-6-15(7-5-14)18-22-24-25(23-18)13(3)19(26)21-17-10-8-16(20)9-11-17/h4-13H,1-3H3,(H,21,26)/t13-/m0/s1. The minimum Gasteiger partial charge on any atom is -0.324 e. The van der Waals surface area contributed by atoms with Gasteiger partial charge >= 0.3 is 0 Å². The molecule has 0 aliphatic rings. The minimum atomic E-state index is -0.595. The molecule has 1 N–H and O–H groups in total. The van der Waals surface area contributed by atoms with Gasteiger partial charge in [0.25, 0.3) is 5.91 Å². The highest BCUT2D eigenvalue weighted by Crippen LogP contribution is 2.20. The first kappa shape index (κ1) is 18.1. The largest absolute Gasteiger partial charge is 0.324 e. The van der Waals surface area contributed by atoms with Gasteiger partial charge in [0.1, 0.15) is 6.04 Å². The zero-order valence-electron chi connectivity index (χ0n) is 14.8. The third-order valence-corrected chi connectivity index (χ3v) is 4.35. The molecule has 3 rings (SSSR count). The van der Waals surface area contributed by atoms with Crippen LogP contribution in [0.3, 0.4) is 0 Å². The summed E-state index contributed by atoms with van der Waals surface area (Å²) in [6.07, 6.45) is 0. The maximum atomic E-state index is 12.4. The quantitative estimate of drug-likeness (QED) is 0.727. The number of anilines is 1. The van der Waals surface area contributed by atoms with Crippen LogP contribution in [0, 0.1) is 0 Å². The van der Waals surface area contributed by atoms with Crippen molar-refractivity contribution in [3.05, 3.63) is 59.1 Å². The van der Waals surface area contributed by atoms with Crippen LogP contribution >= 0.6 is 11.6 Å². The Morgan fingerprint density at radius 1 is 1.04 bits per heavy atom. The van der Waals surface area contributed by atoms with E-state index in [4.69, 9.17) is 11.6 Å². The van der Waals surface area contributed by atoms with E-state index in [0.29, 0.717) is 22.5 Å². The van der Waals surface area contributed by atoms with Crippen LogP contribution in [0.5, 0.6) is 0 Å². The van der Waals surface area contributed by atoms with Gasteiger partial charge in [0, 0.05) is 16.3 Å². The van der Waals surface area contributed by atoms with Gasteiger partial charge in [-0.15, -0.1) is 10.2 Å². The molecule has 0 aliphatic heterocycles. The molecule has 134 valence electrons. The maximum absolute atomic E-state index is 12.4. The lowest BCUT2D eigenvalue weighted by molar-refractivity contribution is -0.119. The molecule has 1 amide bonds. The number of nitrogens with one attached hydrogen (secondary N) is 1. The SMILES string of the molecule is CC(C)c1ccc(-c2nnn([C@@H](C)C(=O)Nc3ccc(Cl)cc3)n2)cc1. The molecule has 0 bridgehead atoms. The highest BCUT2D eigenvalue weighted by molar-refractivity contribution is 6.30. The van der Waals surface area contributed by atoms with E-state index in [9.17, 15) is 4.79 Å². The zero-order chi connectivity index (χ0) is 18.7. The number of amides is 1. The summed E-state index contributed by atoms with van der Waals surface area (Å²) in [6, 6.07) is 14.4. The molecule has 0 saturated heterocycles.